The number of methoxy groups -OCH3 is 1. The van der Waals surface area contributed by atoms with Crippen LogP contribution >= 0.6 is 15.9 Å². The van der Waals surface area contributed by atoms with E-state index in [9.17, 15) is 0 Å². The van der Waals surface area contributed by atoms with Crippen LogP contribution in [0.25, 0.3) is 6.08 Å². The Morgan fingerprint density at radius 2 is 2.31 bits per heavy atom. The molecule has 0 aliphatic carbocycles. The van der Waals surface area contributed by atoms with Gasteiger partial charge in [0, 0.05) is 12.4 Å². The van der Waals surface area contributed by atoms with Crippen LogP contribution in [0.3, 0.4) is 0 Å². The Labute approximate surface area is 87.5 Å². The highest BCUT2D eigenvalue weighted by Crippen LogP contribution is 2.08. The molecule has 2 heteroatoms. The van der Waals surface area contributed by atoms with E-state index in [1.54, 1.807) is 7.11 Å². The predicted octanol–water partition coefficient (Wildman–Crippen LogP) is 3.24. The minimum Gasteiger partial charge on any atom is -0.380 e. The number of alkyl halides is 1. The van der Waals surface area contributed by atoms with Gasteiger partial charge in [0.25, 0.3) is 0 Å². The summed E-state index contributed by atoms with van der Waals surface area (Å²) < 4.78 is 5.05. The average molecular weight is 241 g/mol. The van der Waals surface area contributed by atoms with Crippen molar-refractivity contribution in [2.75, 3.05) is 12.4 Å². The molecule has 0 saturated carbocycles. The van der Waals surface area contributed by atoms with Gasteiger partial charge in [0.05, 0.1) is 6.61 Å². The number of ether oxygens (including phenoxy) is 1. The standard InChI is InChI=1S/C11H13BrO/c1-13-9-11-5-2-4-10(8-11)6-3-7-12/h2-6,8H,7,9H2,1H3. The Kier molecular flexibility index (Phi) is 4.79. The van der Waals surface area contributed by atoms with Crippen molar-refractivity contribution in [3.8, 4) is 0 Å². The third-order valence-corrected chi connectivity index (χ3v) is 2.04. The third-order valence-electron chi connectivity index (χ3n) is 1.66. The molecule has 0 radical (unpaired) electrons. The SMILES string of the molecule is COCc1cccc(C=CCBr)c1. The molecule has 0 aromatic heterocycles. The summed E-state index contributed by atoms with van der Waals surface area (Å²) in [4.78, 5) is 0. The molecule has 1 aromatic carbocycles. The number of rotatable bonds is 4. The molecule has 0 aliphatic heterocycles. The molecule has 70 valence electrons. The molecular formula is C11H13BrO. The molecule has 0 amide bonds. The van der Waals surface area contributed by atoms with Crippen molar-refractivity contribution in [3.63, 3.8) is 0 Å². The second-order valence-corrected chi connectivity index (χ2v) is 3.38. The van der Waals surface area contributed by atoms with E-state index in [0.717, 1.165) is 5.33 Å². The van der Waals surface area contributed by atoms with Crippen LogP contribution < -0.4 is 0 Å². The van der Waals surface area contributed by atoms with Crippen LogP contribution in [0.1, 0.15) is 11.1 Å². The molecule has 0 aliphatic rings. The number of hydrogen-bond acceptors (Lipinski definition) is 1. The van der Waals surface area contributed by atoms with E-state index < -0.39 is 0 Å². The maximum atomic E-state index is 5.05. The predicted molar refractivity (Wildman–Crippen MR) is 60.0 cm³/mol. The fourth-order valence-corrected chi connectivity index (χ4v) is 1.32. The molecule has 0 heterocycles. The molecule has 0 bridgehead atoms. The van der Waals surface area contributed by atoms with Gasteiger partial charge in [0.1, 0.15) is 0 Å². The van der Waals surface area contributed by atoms with Crippen LogP contribution in [0.2, 0.25) is 0 Å². The zero-order chi connectivity index (χ0) is 9.52. The quantitative estimate of drug-likeness (QED) is 0.735. The second-order valence-electron chi connectivity index (χ2n) is 2.73. The lowest BCUT2D eigenvalue weighted by Gasteiger charge is -2.00. The molecule has 1 aromatic rings. The Morgan fingerprint density at radius 1 is 1.46 bits per heavy atom. The van der Waals surface area contributed by atoms with Crippen molar-refractivity contribution < 1.29 is 4.74 Å². The van der Waals surface area contributed by atoms with E-state index in [2.05, 4.69) is 46.3 Å². The monoisotopic (exact) mass is 240 g/mol. The van der Waals surface area contributed by atoms with Gasteiger partial charge in [-0.15, -0.1) is 0 Å². The van der Waals surface area contributed by atoms with Crippen LogP contribution in [-0.4, -0.2) is 12.4 Å². The maximum Gasteiger partial charge on any atom is 0.0713 e. The van der Waals surface area contributed by atoms with E-state index in [1.165, 1.54) is 11.1 Å². The van der Waals surface area contributed by atoms with Crippen molar-refractivity contribution in [3.05, 3.63) is 41.5 Å². The molecule has 1 rings (SSSR count). The Morgan fingerprint density at radius 3 is 3.00 bits per heavy atom. The summed E-state index contributed by atoms with van der Waals surface area (Å²) >= 11 is 3.34. The molecule has 13 heavy (non-hydrogen) atoms. The van der Waals surface area contributed by atoms with Crippen LogP contribution in [0.5, 0.6) is 0 Å². The molecule has 0 N–H and O–H groups in total. The number of hydrogen-bond donors (Lipinski definition) is 0. The van der Waals surface area contributed by atoms with E-state index in [0.29, 0.717) is 6.61 Å². The van der Waals surface area contributed by atoms with Gasteiger partial charge >= 0.3 is 0 Å². The fraction of sp³-hybridized carbons (Fsp3) is 0.273. The van der Waals surface area contributed by atoms with Crippen LogP contribution in [0.15, 0.2) is 30.3 Å². The van der Waals surface area contributed by atoms with Gasteiger partial charge in [0.15, 0.2) is 0 Å². The van der Waals surface area contributed by atoms with E-state index >= 15 is 0 Å². The van der Waals surface area contributed by atoms with Crippen LogP contribution in [0, 0.1) is 0 Å². The first-order valence-electron chi connectivity index (χ1n) is 4.17. The Balaban J connectivity index is 2.73. The van der Waals surface area contributed by atoms with Gasteiger partial charge < -0.3 is 4.74 Å². The minimum absolute atomic E-state index is 0.677. The van der Waals surface area contributed by atoms with Gasteiger partial charge in [-0.3, -0.25) is 0 Å². The first kappa shape index (κ1) is 10.5. The fourth-order valence-electron chi connectivity index (χ4n) is 1.13. The second kappa shape index (κ2) is 5.95. The van der Waals surface area contributed by atoms with Crippen molar-refractivity contribution in [1.82, 2.24) is 0 Å². The highest BCUT2D eigenvalue weighted by atomic mass is 79.9. The van der Waals surface area contributed by atoms with E-state index in [4.69, 9.17) is 4.74 Å². The summed E-state index contributed by atoms with van der Waals surface area (Å²) in [6.07, 6.45) is 4.17. The normalized spacial score (nSPS) is 10.9. The summed E-state index contributed by atoms with van der Waals surface area (Å²) in [7, 11) is 1.71. The largest absolute Gasteiger partial charge is 0.380 e. The zero-order valence-electron chi connectivity index (χ0n) is 7.66. The Hall–Kier alpha value is -0.600. The zero-order valence-corrected chi connectivity index (χ0v) is 9.25. The summed E-state index contributed by atoms with van der Waals surface area (Å²) in [5.74, 6) is 0. The molecule has 0 unspecified atom stereocenters. The van der Waals surface area contributed by atoms with E-state index in [-0.39, 0.29) is 0 Å². The first-order chi connectivity index (χ1) is 6.36. The summed E-state index contributed by atoms with van der Waals surface area (Å²) in [5, 5.41) is 0.890. The highest BCUT2D eigenvalue weighted by molar-refractivity contribution is 9.09. The molecule has 1 nitrogen and oxygen atoms in total. The highest BCUT2D eigenvalue weighted by Gasteiger charge is 1.91. The lowest BCUT2D eigenvalue weighted by molar-refractivity contribution is 0.185. The lowest BCUT2D eigenvalue weighted by atomic mass is 10.1. The maximum absolute atomic E-state index is 5.05. The van der Waals surface area contributed by atoms with Crippen molar-refractivity contribution in [1.29, 1.82) is 0 Å². The lowest BCUT2D eigenvalue weighted by Crippen LogP contribution is -1.87. The van der Waals surface area contributed by atoms with Gasteiger partial charge in [-0.1, -0.05) is 46.3 Å². The molecule has 0 fully saturated rings. The van der Waals surface area contributed by atoms with Gasteiger partial charge in [-0.05, 0) is 17.2 Å². The van der Waals surface area contributed by atoms with Crippen molar-refractivity contribution in [2.45, 2.75) is 6.61 Å². The van der Waals surface area contributed by atoms with Gasteiger partial charge in [-0.2, -0.15) is 0 Å². The molecule has 0 atom stereocenters. The summed E-state index contributed by atoms with van der Waals surface area (Å²) in [6.45, 7) is 0.677. The summed E-state index contributed by atoms with van der Waals surface area (Å²) in [6, 6.07) is 8.32. The van der Waals surface area contributed by atoms with Crippen molar-refractivity contribution in [2.24, 2.45) is 0 Å². The smallest absolute Gasteiger partial charge is 0.0713 e. The third kappa shape index (κ3) is 3.75. The Bertz CT molecular complexity index is 281. The number of halogens is 1. The number of benzene rings is 1. The molecule has 0 spiro atoms. The molecule has 0 saturated heterocycles. The average Bonchev–Trinajstić information content (AvgIpc) is 2.16. The van der Waals surface area contributed by atoms with Crippen molar-refractivity contribution >= 4 is 22.0 Å². The van der Waals surface area contributed by atoms with Gasteiger partial charge in [-0.25, -0.2) is 0 Å². The van der Waals surface area contributed by atoms with E-state index in [1.807, 2.05) is 6.07 Å². The first-order valence-corrected chi connectivity index (χ1v) is 5.29. The topological polar surface area (TPSA) is 9.23 Å². The van der Waals surface area contributed by atoms with Crippen LogP contribution in [-0.2, 0) is 11.3 Å². The van der Waals surface area contributed by atoms with Crippen LogP contribution in [0.4, 0.5) is 0 Å². The summed E-state index contributed by atoms with van der Waals surface area (Å²) in [5.41, 5.74) is 2.42. The molecular weight excluding hydrogens is 228 g/mol. The minimum atomic E-state index is 0.677. The number of allylic oxidation sites excluding steroid dienone is 1. The van der Waals surface area contributed by atoms with Gasteiger partial charge in [0.2, 0.25) is 0 Å².